The summed E-state index contributed by atoms with van der Waals surface area (Å²) in [6.07, 6.45) is 4.83. The molecule has 2 N–H and O–H groups in total. The maximum absolute atomic E-state index is 14.8. The predicted molar refractivity (Wildman–Crippen MR) is 98.0 cm³/mol. The van der Waals surface area contributed by atoms with Gasteiger partial charge in [-0.25, -0.2) is 14.6 Å². The lowest BCUT2D eigenvalue weighted by molar-refractivity contribution is 0.0704. The molecule has 10 heteroatoms. The molecule has 1 aliphatic carbocycles. The molecule has 0 saturated heterocycles. The molecule has 0 radical (unpaired) electrons. The number of rotatable bonds is 5. The van der Waals surface area contributed by atoms with Gasteiger partial charge in [0.05, 0.1) is 17.4 Å². The van der Waals surface area contributed by atoms with Crippen LogP contribution in [0.3, 0.4) is 0 Å². The third kappa shape index (κ3) is 3.16. The second kappa shape index (κ2) is 6.80. The van der Waals surface area contributed by atoms with Crippen LogP contribution in [0, 0.1) is 5.82 Å². The number of halogens is 1. The van der Waals surface area contributed by atoms with Crippen molar-refractivity contribution < 1.29 is 14.4 Å². The van der Waals surface area contributed by atoms with Crippen molar-refractivity contribution in [2.45, 2.75) is 25.4 Å². The third-order valence-corrected chi connectivity index (χ3v) is 4.65. The largest absolute Gasteiger partial charge is 0.343 e. The second-order valence-electron chi connectivity index (χ2n) is 7.16. The van der Waals surface area contributed by atoms with Crippen LogP contribution in [-0.4, -0.2) is 49.7 Å². The number of benzene rings is 1. The molecule has 4 rings (SSSR count). The monoisotopic (exact) mass is 386 g/mol. The highest BCUT2D eigenvalue weighted by molar-refractivity contribution is 5.97. The van der Waals surface area contributed by atoms with Gasteiger partial charge in [0.25, 0.3) is 5.91 Å². The van der Waals surface area contributed by atoms with Gasteiger partial charge in [-0.05, 0) is 39.1 Å². The standard InChI is InChI=1S/C18H19FN6O3/c1-23(2)7-10-8-25(22-20-10)16-6-15-12(5-14(16)19)17(26)13(18(27)21-28)9-24(15)11-3-4-11/h5-6,8-9,11,28H,3-4,7H2,1-2H3,(H,21,27). The molecule has 0 bridgehead atoms. The Labute approximate surface area is 158 Å². The van der Waals surface area contributed by atoms with E-state index in [1.54, 1.807) is 16.8 Å². The Bertz CT molecular complexity index is 1130. The summed E-state index contributed by atoms with van der Waals surface area (Å²) in [6.45, 7) is 0.557. The molecule has 0 aliphatic heterocycles. The van der Waals surface area contributed by atoms with E-state index in [1.807, 2.05) is 19.0 Å². The van der Waals surface area contributed by atoms with Crippen LogP contribution in [-0.2, 0) is 6.54 Å². The number of fused-ring (bicyclic) bond motifs is 1. The molecule has 0 unspecified atom stereocenters. The summed E-state index contributed by atoms with van der Waals surface area (Å²) >= 11 is 0. The van der Waals surface area contributed by atoms with Crippen molar-refractivity contribution in [3.05, 3.63) is 51.8 Å². The fraction of sp³-hybridized carbons (Fsp3) is 0.333. The van der Waals surface area contributed by atoms with Crippen molar-refractivity contribution in [3.8, 4) is 5.69 Å². The van der Waals surface area contributed by atoms with Gasteiger partial charge in [0.15, 0.2) is 0 Å². The van der Waals surface area contributed by atoms with Crippen LogP contribution < -0.4 is 10.9 Å². The average Bonchev–Trinajstić information content (AvgIpc) is 3.40. The van der Waals surface area contributed by atoms with E-state index < -0.39 is 17.2 Å². The van der Waals surface area contributed by atoms with Crippen molar-refractivity contribution in [3.63, 3.8) is 0 Å². The maximum Gasteiger partial charge on any atom is 0.280 e. The Morgan fingerprint density at radius 2 is 2.11 bits per heavy atom. The zero-order valence-electron chi connectivity index (χ0n) is 15.4. The summed E-state index contributed by atoms with van der Waals surface area (Å²) in [5, 5.41) is 17.0. The Morgan fingerprint density at radius 3 is 2.75 bits per heavy atom. The molecule has 28 heavy (non-hydrogen) atoms. The number of nitrogens with one attached hydrogen (secondary N) is 1. The molecule has 0 atom stereocenters. The van der Waals surface area contributed by atoms with E-state index in [2.05, 4.69) is 10.3 Å². The number of nitrogens with zero attached hydrogens (tertiary/aromatic N) is 5. The summed E-state index contributed by atoms with van der Waals surface area (Å²) in [5.74, 6) is -1.58. The van der Waals surface area contributed by atoms with Gasteiger partial charge in [-0.15, -0.1) is 5.10 Å². The van der Waals surface area contributed by atoms with Gasteiger partial charge in [0.1, 0.15) is 17.1 Å². The zero-order chi connectivity index (χ0) is 20.0. The Hall–Kier alpha value is -3.11. The SMILES string of the molecule is CN(C)Cc1cn(-c2cc3c(cc2F)c(=O)c(C(=O)NO)cn3C2CC2)nn1. The van der Waals surface area contributed by atoms with Crippen LogP contribution in [0.1, 0.15) is 34.9 Å². The van der Waals surface area contributed by atoms with E-state index in [4.69, 9.17) is 5.21 Å². The topological polar surface area (TPSA) is 105 Å². The third-order valence-electron chi connectivity index (χ3n) is 4.65. The molecule has 0 spiro atoms. The highest BCUT2D eigenvalue weighted by Gasteiger charge is 2.27. The van der Waals surface area contributed by atoms with Crippen molar-refractivity contribution in [2.24, 2.45) is 0 Å². The second-order valence-corrected chi connectivity index (χ2v) is 7.16. The first-order valence-electron chi connectivity index (χ1n) is 8.78. The Morgan fingerprint density at radius 1 is 1.36 bits per heavy atom. The van der Waals surface area contributed by atoms with E-state index in [0.717, 1.165) is 18.9 Å². The van der Waals surface area contributed by atoms with Crippen molar-refractivity contribution >= 4 is 16.8 Å². The van der Waals surface area contributed by atoms with Crippen LogP contribution in [0.2, 0.25) is 0 Å². The minimum Gasteiger partial charge on any atom is -0.343 e. The van der Waals surface area contributed by atoms with Gasteiger partial charge >= 0.3 is 0 Å². The minimum absolute atomic E-state index is 0.0721. The first kappa shape index (κ1) is 18.3. The van der Waals surface area contributed by atoms with Gasteiger partial charge in [-0.1, -0.05) is 5.21 Å². The normalized spacial score (nSPS) is 14.0. The fourth-order valence-electron chi connectivity index (χ4n) is 3.22. The van der Waals surface area contributed by atoms with E-state index in [9.17, 15) is 14.0 Å². The molecule has 2 aromatic heterocycles. The lowest BCUT2D eigenvalue weighted by Crippen LogP contribution is -2.27. The minimum atomic E-state index is -0.921. The fourth-order valence-corrected chi connectivity index (χ4v) is 3.22. The van der Waals surface area contributed by atoms with Gasteiger partial charge in [0.2, 0.25) is 5.43 Å². The number of hydroxylamine groups is 1. The van der Waals surface area contributed by atoms with E-state index >= 15 is 0 Å². The number of hydrogen-bond donors (Lipinski definition) is 2. The number of carbonyl (C=O) groups excluding carboxylic acids is 1. The molecular weight excluding hydrogens is 367 g/mol. The van der Waals surface area contributed by atoms with Crippen molar-refractivity contribution in [2.75, 3.05) is 14.1 Å². The number of hydrogen-bond acceptors (Lipinski definition) is 6. The first-order valence-corrected chi connectivity index (χ1v) is 8.78. The molecule has 9 nitrogen and oxygen atoms in total. The van der Waals surface area contributed by atoms with Crippen molar-refractivity contribution in [1.29, 1.82) is 0 Å². The van der Waals surface area contributed by atoms with Crippen LogP contribution in [0.15, 0.2) is 29.3 Å². The number of aromatic nitrogens is 4. The predicted octanol–water partition coefficient (Wildman–Crippen LogP) is 1.24. The smallest absolute Gasteiger partial charge is 0.280 e. The van der Waals surface area contributed by atoms with Crippen LogP contribution in [0.25, 0.3) is 16.6 Å². The quantitative estimate of drug-likeness (QED) is 0.505. The maximum atomic E-state index is 14.8. The first-order chi connectivity index (χ1) is 13.4. The molecule has 1 saturated carbocycles. The molecule has 1 amide bonds. The van der Waals surface area contributed by atoms with Crippen LogP contribution in [0.4, 0.5) is 4.39 Å². The van der Waals surface area contributed by atoms with Crippen LogP contribution >= 0.6 is 0 Å². The molecule has 2 heterocycles. The molecule has 1 fully saturated rings. The van der Waals surface area contributed by atoms with E-state index in [-0.39, 0.29) is 22.7 Å². The van der Waals surface area contributed by atoms with E-state index in [1.165, 1.54) is 16.4 Å². The lowest BCUT2D eigenvalue weighted by Gasteiger charge is -2.14. The number of amides is 1. The number of pyridine rings is 1. The lowest BCUT2D eigenvalue weighted by atomic mass is 10.1. The van der Waals surface area contributed by atoms with Gasteiger partial charge in [-0.2, -0.15) is 0 Å². The summed E-state index contributed by atoms with van der Waals surface area (Å²) in [7, 11) is 3.79. The van der Waals surface area contributed by atoms with Crippen molar-refractivity contribution in [1.82, 2.24) is 29.9 Å². The molecular formula is C18H19FN6O3. The Balaban J connectivity index is 1.90. The summed E-state index contributed by atoms with van der Waals surface area (Å²) in [5.41, 5.74) is 1.94. The molecule has 3 aromatic rings. The molecule has 1 aliphatic rings. The summed E-state index contributed by atoms with van der Waals surface area (Å²) in [4.78, 5) is 26.4. The summed E-state index contributed by atoms with van der Waals surface area (Å²) < 4.78 is 17.9. The van der Waals surface area contributed by atoms with Gasteiger partial charge in [-0.3, -0.25) is 14.8 Å². The zero-order valence-corrected chi connectivity index (χ0v) is 15.4. The highest BCUT2D eigenvalue weighted by Crippen LogP contribution is 2.37. The van der Waals surface area contributed by atoms with Gasteiger partial charge in [0, 0.05) is 24.2 Å². The summed E-state index contributed by atoms with van der Waals surface area (Å²) in [6, 6.07) is 2.76. The van der Waals surface area contributed by atoms with Gasteiger partial charge < -0.3 is 9.47 Å². The molecule has 1 aromatic carbocycles. The number of carbonyl (C=O) groups is 1. The van der Waals surface area contributed by atoms with Crippen LogP contribution in [0.5, 0.6) is 0 Å². The average molecular weight is 386 g/mol. The highest BCUT2D eigenvalue weighted by atomic mass is 19.1. The molecule has 146 valence electrons. The Kier molecular flexibility index (Phi) is 4.44. The van der Waals surface area contributed by atoms with E-state index in [0.29, 0.717) is 17.8 Å².